The number of hydrogen-bond donors (Lipinski definition) is 0. The molecule has 0 heterocycles. The summed E-state index contributed by atoms with van der Waals surface area (Å²) < 4.78 is 88.6. The third kappa shape index (κ3) is 34.7. The highest BCUT2D eigenvalue weighted by atomic mass is 32.2. The second-order valence-corrected chi connectivity index (χ2v) is 13.4. The van der Waals surface area contributed by atoms with Gasteiger partial charge in [-0.2, -0.15) is 8.42 Å². The first-order valence-corrected chi connectivity index (χ1v) is 20.8. The summed E-state index contributed by atoms with van der Waals surface area (Å²) in [6, 6.07) is 7.97. The predicted octanol–water partition coefficient (Wildman–Crippen LogP) is 4.24. The van der Waals surface area contributed by atoms with Crippen molar-refractivity contribution in [3.63, 3.8) is 0 Å². The molecule has 0 saturated carbocycles. The molecule has 0 saturated heterocycles. The molecule has 0 aromatic heterocycles. The molecule has 0 bridgehead atoms. The molecule has 1 aromatic carbocycles. The number of ether oxygens (including phenoxy) is 11. The Balaban J connectivity index is 1.66. The highest BCUT2D eigenvalue weighted by molar-refractivity contribution is 7.86. The number of hydrogen-bond acceptors (Lipinski definition) is 15. The topological polar surface area (TPSA) is 162 Å². The van der Waals surface area contributed by atoms with Crippen LogP contribution in [0.3, 0.4) is 0 Å². The minimum Gasteiger partial charge on any atom is -0.463 e. The number of unbranched alkanes of at least 4 members (excludes halogenated alkanes) is 6. The first-order valence-electron chi connectivity index (χ1n) is 19.4. The molecular weight excluding hydrogens is 728 g/mol. The van der Waals surface area contributed by atoms with Crippen LogP contribution in [0.1, 0.15) is 58.3 Å². The Morgan fingerprint density at radius 3 is 1.11 bits per heavy atom. The van der Waals surface area contributed by atoms with Crippen LogP contribution in [0.15, 0.2) is 35.2 Å². The standard InChI is InChI=1S/C38H68O15S/c1-2-3-4-5-6-7-11-14-38(39)52-35-33-50-31-29-48-27-25-46-23-21-44-19-17-42-15-16-43-18-20-45-22-24-47-26-28-49-30-32-51-34-36-53-54(40,41)37-12-9-8-10-13-37/h8-10,12-13H,2-7,11,14-36H2,1H3. The van der Waals surface area contributed by atoms with Crippen LogP contribution >= 0.6 is 0 Å². The van der Waals surface area contributed by atoms with E-state index in [0.717, 1.165) is 12.8 Å². The zero-order valence-corrected chi connectivity index (χ0v) is 33.4. The highest BCUT2D eigenvalue weighted by Crippen LogP contribution is 2.11. The zero-order chi connectivity index (χ0) is 38.9. The van der Waals surface area contributed by atoms with Crippen LogP contribution in [0.5, 0.6) is 0 Å². The van der Waals surface area contributed by atoms with Crippen molar-refractivity contribution >= 4 is 16.1 Å². The second kappa shape index (κ2) is 39.4. The van der Waals surface area contributed by atoms with E-state index in [1.165, 1.54) is 44.2 Å². The van der Waals surface area contributed by atoms with E-state index in [1.54, 1.807) is 18.2 Å². The third-order valence-electron chi connectivity index (χ3n) is 7.32. The molecular formula is C38H68O15S. The molecule has 0 aliphatic rings. The van der Waals surface area contributed by atoms with Gasteiger partial charge in [-0.1, -0.05) is 63.6 Å². The summed E-state index contributed by atoms with van der Waals surface area (Å²) in [4.78, 5) is 11.8. The summed E-state index contributed by atoms with van der Waals surface area (Å²) in [6.07, 6.45) is 8.74. The van der Waals surface area contributed by atoms with Crippen LogP contribution in [0.4, 0.5) is 0 Å². The van der Waals surface area contributed by atoms with Gasteiger partial charge < -0.3 is 52.1 Å². The molecule has 15 nitrogen and oxygen atoms in total. The monoisotopic (exact) mass is 796 g/mol. The van der Waals surface area contributed by atoms with Crippen molar-refractivity contribution in [1.29, 1.82) is 0 Å². The Kier molecular flexibility index (Phi) is 36.7. The Morgan fingerprint density at radius 1 is 0.426 bits per heavy atom. The van der Waals surface area contributed by atoms with Gasteiger partial charge >= 0.3 is 5.97 Å². The fraction of sp³-hybridized carbons (Fsp3) is 0.816. The minimum atomic E-state index is -3.76. The molecule has 16 heteroatoms. The minimum absolute atomic E-state index is 0.0622. The Hall–Kier alpha value is -1.80. The van der Waals surface area contributed by atoms with E-state index >= 15 is 0 Å². The van der Waals surface area contributed by atoms with Crippen LogP contribution in [0, 0.1) is 0 Å². The molecule has 1 aromatic rings. The van der Waals surface area contributed by atoms with E-state index in [1.807, 2.05) is 0 Å². The number of benzene rings is 1. The summed E-state index contributed by atoms with van der Waals surface area (Å²) in [6.45, 7) is 11.0. The molecule has 54 heavy (non-hydrogen) atoms. The molecule has 0 aliphatic heterocycles. The lowest BCUT2D eigenvalue weighted by molar-refractivity contribution is -0.145. The maximum atomic E-state index is 12.0. The van der Waals surface area contributed by atoms with Gasteiger partial charge in [0.1, 0.15) is 6.61 Å². The van der Waals surface area contributed by atoms with Crippen LogP contribution in [-0.4, -0.2) is 160 Å². The Labute approximate surface area is 323 Å². The third-order valence-corrected chi connectivity index (χ3v) is 8.65. The quantitative estimate of drug-likeness (QED) is 0.0524. The van der Waals surface area contributed by atoms with Crippen molar-refractivity contribution in [1.82, 2.24) is 0 Å². The molecule has 0 atom stereocenters. The van der Waals surface area contributed by atoms with Crippen molar-refractivity contribution < 1.29 is 69.5 Å². The largest absolute Gasteiger partial charge is 0.463 e. The van der Waals surface area contributed by atoms with Crippen LogP contribution in [0.2, 0.25) is 0 Å². The van der Waals surface area contributed by atoms with Crippen molar-refractivity contribution in [2.45, 2.75) is 63.2 Å². The summed E-state index contributed by atoms with van der Waals surface area (Å²) in [5.74, 6) is -0.148. The van der Waals surface area contributed by atoms with Gasteiger partial charge in [0.25, 0.3) is 10.1 Å². The first-order chi connectivity index (χ1) is 26.6. The van der Waals surface area contributed by atoms with Crippen LogP contribution in [0.25, 0.3) is 0 Å². The van der Waals surface area contributed by atoms with E-state index in [0.29, 0.717) is 132 Å². The van der Waals surface area contributed by atoms with Gasteiger partial charge in [0.05, 0.1) is 144 Å². The maximum Gasteiger partial charge on any atom is 0.305 e. The van der Waals surface area contributed by atoms with Gasteiger partial charge in [-0.05, 0) is 18.6 Å². The number of carbonyl (C=O) groups is 1. The van der Waals surface area contributed by atoms with Crippen molar-refractivity contribution in [3.8, 4) is 0 Å². The van der Waals surface area contributed by atoms with Gasteiger partial charge in [0, 0.05) is 6.42 Å². The predicted molar refractivity (Wildman–Crippen MR) is 201 cm³/mol. The molecule has 0 fully saturated rings. The fourth-order valence-electron chi connectivity index (χ4n) is 4.45. The van der Waals surface area contributed by atoms with Gasteiger partial charge in [-0.15, -0.1) is 0 Å². The Bertz CT molecular complexity index is 1030. The van der Waals surface area contributed by atoms with E-state index in [9.17, 15) is 13.2 Å². The van der Waals surface area contributed by atoms with E-state index in [2.05, 4.69) is 6.92 Å². The lowest BCUT2D eigenvalue weighted by Gasteiger charge is -2.09. The van der Waals surface area contributed by atoms with Gasteiger partial charge in [-0.3, -0.25) is 8.98 Å². The summed E-state index contributed by atoms with van der Waals surface area (Å²) in [5.41, 5.74) is 0. The molecule has 0 aliphatic carbocycles. The van der Waals surface area contributed by atoms with Gasteiger partial charge in [0.2, 0.25) is 0 Å². The number of esters is 1. The van der Waals surface area contributed by atoms with Gasteiger partial charge in [0.15, 0.2) is 0 Å². The molecule has 0 unspecified atom stereocenters. The van der Waals surface area contributed by atoms with Crippen LogP contribution in [-0.2, 0) is 71.2 Å². The van der Waals surface area contributed by atoms with Crippen molar-refractivity contribution in [2.24, 2.45) is 0 Å². The molecule has 316 valence electrons. The SMILES string of the molecule is CCCCCCCCCC(=O)OCCOCCOCCOCCOCCOCCOCCOCCOCCOCCOCCOS(=O)(=O)c1ccccc1. The van der Waals surface area contributed by atoms with Crippen molar-refractivity contribution in [2.75, 3.05) is 145 Å². The number of rotatable bonds is 43. The average molecular weight is 797 g/mol. The van der Waals surface area contributed by atoms with Crippen molar-refractivity contribution in [3.05, 3.63) is 30.3 Å². The zero-order valence-electron chi connectivity index (χ0n) is 32.6. The van der Waals surface area contributed by atoms with E-state index in [4.69, 9.17) is 56.3 Å². The lowest BCUT2D eigenvalue weighted by atomic mass is 10.1. The maximum absolute atomic E-state index is 12.0. The number of carbonyl (C=O) groups excluding carboxylic acids is 1. The average Bonchev–Trinajstić information content (AvgIpc) is 3.18. The smallest absolute Gasteiger partial charge is 0.305 e. The second-order valence-electron chi connectivity index (χ2n) is 11.8. The van der Waals surface area contributed by atoms with Gasteiger partial charge in [-0.25, -0.2) is 0 Å². The fourth-order valence-corrected chi connectivity index (χ4v) is 5.37. The Morgan fingerprint density at radius 2 is 0.741 bits per heavy atom. The molecule has 0 amide bonds. The summed E-state index contributed by atoms with van der Waals surface area (Å²) >= 11 is 0. The summed E-state index contributed by atoms with van der Waals surface area (Å²) in [5, 5.41) is 0. The highest BCUT2D eigenvalue weighted by Gasteiger charge is 2.13. The lowest BCUT2D eigenvalue weighted by Crippen LogP contribution is -2.16. The first kappa shape index (κ1) is 50.2. The van der Waals surface area contributed by atoms with E-state index in [-0.39, 0.29) is 30.7 Å². The normalized spacial score (nSPS) is 11.7. The summed E-state index contributed by atoms with van der Waals surface area (Å²) in [7, 11) is -3.76. The molecule has 0 spiro atoms. The molecule has 0 radical (unpaired) electrons. The molecule has 0 N–H and O–H groups in total. The van der Waals surface area contributed by atoms with E-state index < -0.39 is 10.1 Å². The van der Waals surface area contributed by atoms with Crippen LogP contribution < -0.4 is 0 Å². The molecule has 1 rings (SSSR count).